The van der Waals surface area contributed by atoms with Crippen LogP contribution in [0.3, 0.4) is 0 Å². The molecule has 0 saturated carbocycles. The van der Waals surface area contributed by atoms with E-state index < -0.39 is 0 Å². The summed E-state index contributed by atoms with van der Waals surface area (Å²) in [5.41, 5.74) is 0. The maximum Gasteiger partial charge on any atom is 0.310 e. The van der Waals surface area contributed by atoms with Crippen molar-refractivity contribution in [3.63, 3.8) is 0 Å². The molecule has 0 radical (unpaired) electrons. The molecule has 0 aliphatic rings. The van der Waals surface area contributed by atoms with Crippen LogP contribution in [0.1, 0.15) is 20.3 Å². The molecule has 0 spiro atoms. The van der Waals surface area contributed by atoms with Crippen LogP contribution in [-0.4, -0.2) is 25.8 Å². The topological polar surface area (TPSA) is 35.5 Å². The summed E-state index contributed by atoms with van der Waals surface area (Å²) in [5, 5.41) is 0. The van der Waals surface area contributed by atoms with Gasteiger partial charge in [-0.3, -0.25) is 4.79 Å². The zero-order chi connectivity index (χ0) is 10.1. The number of carbonyl (C=O) groups excluding carboxylic acids is 1. The van der Waals surface area contributed by atoms with Gasteiger partial charge in [-0.25, -0.2) is 0 Å². The molecule has 0 aromatic carbocycles. The molecule has 76 valence electrons. The van der Waals surface area contributed by atoms with Crippen molar-refractivity contribution in [3.05, 3.63) is 12.7 Å². The lowest BCUT2D eigenvalue weighted by atomic mass is 10.2. The van der Waals surface area contributed by atoms with Gasteiger partial charge in [-0.1, -0.05) is 6.08 Å². The predicted molar refractivity (Wildman–Crippen MR) is 51.4 cm³/mol. The standard InChI is InChI=1S/C10H18O3/c1-4-6-7-12-8-9(3)10(11)13-5-2/h4,9H,1,5-8H2,2-3H3. The lowest BCUT2D eigenvalue weighted by Gasteiger charge is -2.10. The summed E-state index contributed by atoms with van der Waals surface area (Å²) in [4.78, 5) is 11.1. The fourth-order valence-corrected chi connectivity index (χ4v) is 0.779. The zero-order valence-electron chi connectivity index (χ0n) is 8.41. The Labute approximate surface area is 79.7 Å². The van der Waals surface area contributed by atoms with Crippen LogP contribution in [0.15, 0.2) is 12.7 Å². The van der Waals surface area contributed by atoms with Crippen molar-refractivity contribution in [3.8, 4) is 0 Å². The molecule has 0 rings (SSSR count). The molecule has 0 saturated heterocycles. The zero-order valence-corrected chi connectivity index (χ0v) is 8.41. The van der Waals surface area contributed by atoms with E-state index in [-0.39, 0.29) is 11.9 Å². The minimum Gasteiger partial charge on any atom is -0.466 e. The van der Waals surface area contributed by atoms with Crippen LogP contribution >= 0.6 is 0 Å². The van der Waals surface area contributed by atoms with Gasteiger partial charge in [0.25, 0.3) is 0 Å². The highest BCUT2D eigenvalue weighted by atomic mass is 16.5. The lowest BCUT2D eigenvalue weighted by Crippen LogP contribution is -2.19. The molecule has 0 fully saturated rings. The average Bonchev–Trinajstić information content (AvgIpc) is 2.12. The Hall–Kier alpha value is -0.830. The van der Waals surface area contributed by atoms with Gasteiger partial charge in [-0.2, -0.15) is 0 Å². The minimum atomic E-state index is -0.193. The van der Waals surface area contributed by atoms with Crippen LogP contribution < -0.4 is 0 Å². The molecule has 0 aliphatic carbocycles. The minimum absolute atomic E-state index is 0.176. The van der Waals surface area contributed by atoms with Crippen molar-refractivity contribution in [2.75, 3.05) is 19.8 Å². The Morgan fingerprint density at radius 3 is 2.85 bits per heavy atom. The van der Waals surface area contributed by atoms with E-state index in [9.17, 15) is 4.79 Å². The van der Waals surface area contributed by atoms with Crippen molar-refractivity contribution in [1.29, 1.82) is 0 Å². The smallest absolute Gasteiger partial charge is 0.310 e. The number of hydrogen-bond donors (Lipinski definition) is 0. The molecule has 0 heterocycles. The third-order valence-electron chi connectivity index (χ3n) is 1.52. The van der Waals surface area contributed by atoms with Crippen molar-refractivity contribution >= 4 is 5.97 Å². The number of esters is 1. The van der Waals surface area contributed by atoms with E-state index >= 15 is 0 Å². The number of ether oxygens (including phenoxy) is 2. The van der Waals surface area contributed by atoms with Crippen molar-refractivity contribution in [1.82, 2.24) is 0 Å². The van der Waals surface area contributed by atoms with Gasteiger partial charge < -0.3 is 9.47 Å². The summed E-state index contributed by atoms with van der Waals surface area (Å²) < 4.78 is 10.1. The molecule has 0 bridgehead atoms. The number of rotatable bonds is 7. The molecule has 3 heteroatoms. The SMILES string of the molecule is C=CCCOCC(C)C(=O)OCC. The summed E-state index contributed by atoms with van der Waals surface area (Å²) in [6.07, 6.45) is 2.60. The van der Waals surface area contributed by atoms with Crippen molar-refractivity contribution in [2.45, 2.75) is 20.3 Å². The Balaban J connectivity index is 3.43. The molecule has 3 nitrogen and oxygen atoms in total. The maximum atomic E-state index is 11.1. The molecular formula is C10H18O3. The molecular weight excluding hydrogens is 168 g/mol. The van der Waals surface area contributed by atoms with Crippen molar-refractivity contribution < 1.29 is 14.3 Å². The summed E-state index contributed by atoms with van der Waals surface area (Å²) in [6.45, 7) is 8.63. The van der Waals surface area contributed by atoms with Gasteiger partial charge in [-0.15, -0.1) is 6.58 Å². The largest absolute Gasteiger partial charge is 0.466 e. The first-order valence-corrected chi connectivity index (χ1v) is 4.57. The van der Waals surface area contributed by atoms with Crippen LogP contribution in [-0.2, 0) is 14.3 Å². The van der Waals surface area contributed by atoms with E-state index in [1.165, 1.54) is 0 Å². The number of carbonyl (C=O) groups is 1. The molecule has 0 amide bonds. The molecule has 1 unspecified atom stereocenters. The predicted octanol–water partition coefficient (Wildman–Crippen LogP) is 1.78. The van der Waals surface area contributed by atoms with Gasteiger partial charge in [-0.05, 0) is 20.3 Å². The third kappa shape index (κ3) is 6.34. The second-order valence-corrected chi connectivity index (χ2v) is 2.81. The van der Waals surface area contributed by atoms with E-state index in [0.717, 1.165) is 6.42 Å². The van der Waals surface area contributed by atoms with Gasteiger partial charge in [0, 0.05) is 0 Å². The van der Waals surface area contributed by atoms with Crippen LogP contribution in [0, 0.1) is 5.92 Å². The van der Waals surface area contributed by atoms with Crippen LogP contribution in [0.5, 0.6) is 0 Å². The number of hydrogen-bond acceptors (Lipinski definition) is 3. The summed E-state index contributed by atoms with van der Waals surface area (Å²) in [6, 6.07) is 0. The second-order valence-electron chi connectivity index (χ2n) is 2.81. The van der Waals surface area contributed by atoms with E-state index in [0.29, 0.717) is 19.8 Å². The Morgan fingerprint density at radius 2 is 2.31 bits per heavy atom. The Bertz CT molecular complexity index is 154. The maximum absolute atomic E-state index is 11.1. The summed E-state index contributed by atoms with van der Waals surface area (Å²) in [7, 11) is 0. The van der Waals surface area contributed by atoms with E-state index in [2.05, 4.69) is 6.58 Å². The normalized spacial score (nSPS) is 12.2. The molecule has 1 atom stereocenters. The lowest BCUT2D eigenvalue weighted by molar-refractivity contribution is -0.149. The van der Waals surface area contributed by atoms with Gasteiger partial charge in [0.05, 0.1) is 25.7 Å². The first-order chi connectivity index (χ1) is 6.22. The Kier molecular flexibility index (Phi) is 7.30. The summed E-state index contributed by atoms with van der Waals surface area (Å²) in [5.74, 6) is -0.370. The molecule has 0 aliphatic heterocycles. The van der Waals surface area contributed by atoms with Gasteiger partial charge in [0.2, 0.25) is 0 Å². The molecule has 0 aromatic rings. The highest BCUT2D eigenvalue weighted by Crippen LogP contribution is 1.99. The fourth-order valence-electron chi connectivity index (χ4n) is 0.779. The van der Waals surface area contributed by atoms with Crippen molar-refractivity contribution in [2.24, 2.45) is 5.92 Å². The van der Waals surface area contributed by atoms with Gasteiger partial charge >= 0.3 is 5.97 Å². The summed E-state index contributed by atoms with van der Waals surface area (Å²) >= 11 is 0. The van der Waals surface area contributed by atoms with Crippen LogP contribution in [0.4, 0.5) is 0 Å². The molecule has 0 N–H and O–H groups in total. The first kappa shape index (κ1) is 12.2. The first-order valence-electron chi connectivity index (χ1n) is 4.57. The van der Waals surface area contributed by atoms with Crippen LogP contribution in [0.2, 0.25) is 0 Å². The highest BCUT2D eigenvalue weighted by Gasteiger charge is 2.13. The van der Waals surface area contributed by atoms with Crippen LogP contribution in [0.25, 0.3) is 0 Å². The van der Waals surface area contributed by atoms with E-state index in [4.69, 9.17) is 9.47 Å². The average molecular weight is 186 g/mol. The Morgan fingerprint density at radius 1 is 1.62 bits per heavy atom. The van der Waals surface area contributed by atoms with Gasteiger partial charge in [0.15, 0.2) is 0 Å². The second kappa shape index (κ2) is 7.80. The van der Waals surface area contributed by atoms with E-state index in [1.807, 2.05) is 0 Å². The quantitative estimate of drug-likeness (QED) is 0.345. The monoisotopic (exact) mass is 186 g/mol. The highest BCUT2D eigenvalue weighted by molar-refractivity contribution is 5.72. The fraction of sp³-hybridized carbons (Fsp3) is 0.700. The molecule has 13 heavy (non-hydrogen) atoms. The third-order valence-corrected chi connectivity index (χ3v) is 1.52. The van der Waals surface area contributed by atoms with Gasteiger partial charge in [0.1, 0.15) is 0 Å². The van der Waals surface area contributed by atoms with E-state index in [1.54, 1.807) is 19.9 Å². The molecule has 0 aromatic heterocycles.